The van der Waals surface area contributed by atoms with Crippen LogP contribution >= 0.6 is 0 Å². The zero-order valence-electron chi connectivity index (χ0n) is 31.3. The molecule has 0 N–H and O–H groups in total. The summed E-state index contributed by atoms with van der Waals surface area (Å²) < 4.78 is 0. The van der Waals surface area contributed by atoms with E-state index in [0.29, 0.717) is 0 Å². The van der Waals surface area contributed by atoms with E-state index < -0.39 is 0 Å². The lowest BCUT2D eigenvalue weighted by Crippen LogP contribution is -2.53. The van der Waals surface area contributed by atoms with Gasteiger partial charge in [-0.15, -0.1) is 0 Å². The normalized spacial score (nSPS) is 12.8. The smallest absolute Gasteiger partial charge is 0.0293 e. The first-order chi connectivity index (χ1) is 21.1. The molecule has 0 rings (SSSR count). The van der Waals surface area contributed by atoms with E-state index in [2.05, 4.69) is 56.8 Å². The Morgan fingerprint density at radius 1 is 0.395 bits per heavy atom. The fourth-order valence-electron chi connectivity index (χ4n) is 6.75. The maximum Gasteiger partial charge on any atom is 0.0293 e. The van der Waals surface area contributed by atoms with Crippen molar-refractivity contribution in [3.63, 3.8) is 0 Å². The molecule has 0 aliphatic rings. The molecule has 0 aliphatic heterocycles. The average molecular weight is 608 g/mol. The fourth-order valence-corrected chi connectivity index (χ4v) is 6.75. The van der Waals surface area contributed by atoms with Gasteiger partial charge in [-0.25, -0.2) is 10.0 Å². The Hall–Kier alpha value is -0.120. The summed E-state index contributed by atoms with van der Waals surface area (Å²) in [6.07, 6.45) is 41.2. The van der Waals surface area contributed by atoms with Crippen molar-refractivity contribution in [2.24, 2.45) is 5.92 Å². The van der Waals surface area contributed by atoms with Crippen LogP contribution in [0.2, 0.25) is 0 Å². The number of rotatable bonds is 36. The highest BCUT2D eigenvalue weighted by molar-refractivity contribution is 4.63. The summed E-state index contributed by atoms with van der Waals surface area (Å²) in [7, 11) is 2.38. The van der Waals surface area contributed by atoms with Gasteiger partial charge < -0.3 is 0 Å². The van der Waals surface area contributed by atoms with Gasteiger partial charge in [0.05, 0.1) is 0 Å². The lowest BCUT2D eigenvalue weighted by molar-refractivity contribution is -0.177. The second-order valence-electron chi connectivity index (χ2n) is 14.2. The highest BCUT2D eigenvalue weighted by Gasteiger charge is 2.20. The van der Waals surface area contributed by atoms with E-state index in [1.165, 1.54) is 206 Å². The summed E-state index contributed by atoms with van der Waals surface area (Å²) >= 11 is 0. The van der Waals surface area contributed by atoms with Crippen molar-refractivity contribution >= 4 is 0 Å². The fraction of sp³-hybridized carbons (Fsp3) is 1.00. The lowest BCUT2D eigenvalue weighted by atomic mass is 10.0. The highest BCUT2D eigenvalue weighted by Crippen LogP contribution is 2.18. The minimum Gasteiger partial charge on any atom is -0.231 e. The molecule has 3 nitrogen and oxygen atoms in total. The summed E-state index contributed by atoms with van der Waals surface area (Å²) in [6, 6.07) is 0. The van der Waals surface area contributed by atoms with Crippen molar-refractivity contribution in [3.05, 3.63) is 0 Å². The molecule has 0 saturated heterocycles. The summed E-state index contributed by atoms with van der Waals surface area (Å²) in [5, 5.41) is 7.95. The van der Waals surface area contributed by atoms with Crippen LogP contribution in [0, 0.1) is 5.92 Å². The third-order valence-corrected chi connectivity index (χ3v) is 9.69. The number of unbranched alkanes of at least 4 members (excludes halogenated alkanes) is 25. The summed E-state index contributed by atoms with van der Waals surface area (Å²) in [6.45, 7) is 16.6. The number of hydrazine groups is 2. The van der Waals surface area contributed by atoms with Crippen molar-refractivity contribution < 1.29 is 0 Å². The number of hydrogen-bond donors (Lipinski definition) is 0. The molecular formula is C40H85N3. The second-order valence-corrected chi connectivity index (χ2v) is 14.2. The van der Waals surface area contributed by atoms with Crippen molar-refractivity contribution in [2.45, 2.75) is 221 Å². The van der Waals surface area contributed by atoms with Crippen molar-refractivity contribution in [3.8, 4) is 0 Å². The van der Waals surface area contributed by atoms with Gasteiger partial charge in [0.25, 0.3) is 0 Å². The standard InChI is InChI=1S/C40H85N3/c1-7-11-14-17-20-23-25-28-31-34-37-42(10-4)43(38-35-32-29-26-24-21-18-15-12-8-2)41(6)39-40(5)36-33-30-27-22-19-16-13-9-3/h40H,7-39H2,1-6H3. The third kappa shape index (κ3) is 29.1. The zero-order valence-corrected chi connectivity index (χ0v) is 31.3. The topological polar surface area (TPSA) is 9.72 Å². The van der Waals surface area contributed by atoms with E-state index >= 15 is 0 Å². The van der Waals surface area contributed by atoms with Gasteiger partial charge in [-0.2, -0.15) is 5.12 Å². The first-order valence-electron chi connectivity index (χ1n) is 20.3. The van der Waals surface area contributed by atoms with E-state index in [1.807, 2.05) is 0 Å². The number of hydrogen-bond acceptors (Lipinski definition) is 3. The Kier molecular flexibility index (Phi) is 34.7. The molecule has 3 heteroatoms. The van der Waals surface area contributed by atoms with Gasteiger partial charge in [0.15, 0.2) is 0 Å². The number of nitrogens with zero attached hydrogens (tertiary/aromatic N) is 3. The minimum atomic E-state index is 0.774. The quantitative estimate of drug-likeness (QED) is 0.0518. The molecule has 0 fully saturated rings. The van der Waals surface area contributed by atoms with Gasteiger partial charge in [0, 0.05) is 33.2 Å². The molecule has 0 heterocycles. The largest absolute Gasteiger partial charge is 0.231 e. The monoisotopic (exact) mass is 608 g/mol. The Morgan fingerprint density at radius 2 is 0.721 bits per heavy atom. The first-order valence-corrected chi connectivity index (χ1v) is 20.3. The van der Waals surface area contributed by atoms with E-state index in [4.69, 9.17) is 0 Å². The van der Waals surface area contributed by atoms with E-state index in [-0.39, 0.29) is 0 Å². The molecule has 0 aliphatic carbocycles. The van der Waals surface area contributed by atoms with Gasteiger partial charge in [0.1, 0.15) is 0 Å². The van der Waals surface area contributed by atoms with Crippen LogP contribution in [0.25, 0.3) is 0 Å². The van der Waals surface area contributed by atoms with Gasteiger partial charge in [-0.05, 0) is 25.2 Å². The predicted molar refractivity (Wildman–Crippen MR) is 197 cm³/mol. The molecular weight excluding hydrogens is 522 g/mol. The molecule has 0 saturated carbocycles. The van der Waals surface area contributed by atoms with E-state index in [1.54, 1.807) is 0 Å². The van der Waals surface area contributed by atoms with Gasteiger partial charge in [0.2, 0.25) is 0 Å². The van der Waals surface area contributed by atoms with Crippen LogP contribution in [0.15, 0.2) is 0 Å². The van der Waals surface area contributed by atoms with E-state index in [0.717, 1.165) is 12.5 Å². The second kappa shape index (κ2) is 34.7. The summed E-state index contributed by atoms with van der Waals surface area (Å²) in [5.74, 6) is 0.774. The summed E-state index contributed by atoms with van der Waals surface area (Å²) in [4.78, 5) is 0. The van der Waals surface area contributed by atoms with Crippen molar-refractivity contribution in [1.29, 1.82) is 0 Å². The average Bonchev–Trinajstić information content (AvgIpc) is 3.00. The molecule has 0 aromatic carbocycles. The Labute approximate surface area is 274 Å². The highest BCUT2D eigenvalue weighted by atomic mass is 15.8. The van der Waals surface area contributed by atoms with Gasteiger partial charge >= 0.3 is 0 Å². The van der Waals surface area contributed by atoms with Crippen LogP contribution < -0.4 is 0 Å². The minimum absolute atomic E-state index is 0.774. The molecule has 0 spiro atoms. The van der Waals surface area contributed by atoms with Gasteiger partial charge in [-0.3, -0.25) is 0 Å². The van der Waals surface area contributed by atoms with Crippen LogP contribution in [0.1, 0.15) is 221 Å². The van der Waals surface area contributed by atoms with Crippen LogP contribution in [-0.2, 0) is 0 Å². The van der Waals surface area contributed by atoms with Crippen LogP contribution in [0.3, 0.4) is 0 Å². The molecule has 0 aromatic heterocycles. The molecule has 1 atom stereocenters. The predicted octanol–water partition coefficient (Wildman–Crippen LogP) is 13.4. The third-order valence-electron chi connectivity index (χ3n) is 9.69. The first kappa shape index (κ1) is 42.9. The van der Waals surface area contributed by atoms with Crippen LogP contribution in [0.4, 0.5) is 0 Å². The SMILES string of the molecule is CCCCCCCCCCCCN(CC)N(CCCCCCCCCCCC)N(C)CC(C)CCCCCCCCCC. The Balaban J connectivity index is 4.51. The Bertz CT molecular complexity index is 510. The van der Waals surface area contributed by atoms with Crippen LogP contribution in [0.5, 0.6) is 0 Å². The molecule has 260 valence electrons. The molecule has 0 aromatic rings. The summed E-state index contributed by atoms with van der Waals surface area (Å²) in [5.41, 5.74) is 0. The molecule has 43 heavy (non-hydrogen) atoms. The van der Waals surface area contributed by atoms with Crippen molar-refractivity contribution in [2.75, 3.05) is 33.2 Å². The molecule has 0 bridgehead atoms. The maximum atomic E-state index is 2.68. The van der Waals surface area contributed by atoms with Crippen LogP contribution in [-0.4, -0.2) is 48.4 Å². The van der Waals surface area contributed by atoms with E-state index in [9.17, 15) is 0 Å². The molecule has 0 radical (unpaired) electrons. The van der Waals surface area contributed by atoms with Gasteiger partial charge in [-0.1, -0.05) is 202 Å². The molecule has 0 amide bonds. The Morgan fingerprint density at radius 3 is 1.09 bits per heavy atom. The lowest BCUT2D eigenvalue weighted by Gasteiger charge is -2.41. The van der Waals surface area contributed by atoms with Crippen molar-refractivity contribution in [1.82, 2.24) is 15.1 Å². The zero-order chi connectivity index (χ0) is 31.6. The molecule has 1 unspecified atom stereocenters. The maximum absolute atomic E-state index is 2.68.